The Morgan fingerprint density at radius 1 is 1.29 bits per heavy atom. The summed E-state index contributed by atoms with van der Waals surface area (Å²) in [6, 6.07) is 8.00. The van der Waals surface area contributed by atoms with E-state index in [1.165, 1.54) is 19.3 Å². The van der Waals surface area contributed by atoms with Gasteiger partial charge < -0.3 is 15.0 Å². The highest BCUT2D eigenvalue weighted by atomic mass is 32.1. The molecule has 0 bridgehead atoms. The van der Waals surface area contributed by atoms with E-state index < -0.39 is 0 Å². The molecule has 0 saturated carbocycles. The highest BCUT2D eigenvalue weighted by molar-refractivity contribution is 7.16. The number of hydrogen-bond acceptors (Lipinski definition) is 5. The summed E-state index contributed by atoms with van der Waals surface area (Å²) in [5.74, 6) is 1.65. The van der Waals surface area contributed by atoms with Crippen molar-refractivity contribution in [3.63, 3.8) is 0 Å². The van der Waals surface area contributed by atoms with E-state index in [4.69, 9.17) is 9.72 Å². The van der Waals surface area contributed by atoms with Crippen LogP contribution in [0.5, 0.6) is 5.75 Å². The Morgan fingerprint density at radius 2 is 2.12 bits per heavy atom. The first-order valence-corrected chi connectivity index (χ1v) is 9.26. The Bertz CT molecular complexity index is 752. The Hall–Kier alpha value is -2.08. The van der Waals surface area contributed by atoms with Crippen LogP contribution < -0.4 is 15.0 Å². The van der Waals surface area contributed by atoms with Gasteiger partial charge in [0.05, 0.1) is 12.0 Å². The molecule has 1 atom stereocenters. The van der Waals surface area contributed by atoms with E-state index in [-0.39, 0.29) is 11.8 Å². The second-order valence-electron chi connectivity index (χ2n) is 6.34. The van der Waals surface area contributed by atoms with Crippen molar-refractivity contribution < 1.29 is 9.53 Å². The summed E-state index contributed by atoms with van der Waals surface area (Å²) in [7, 11) is 1.67. The van der Waals surface area contributed by atoms with Gasteiger partial charge in [-0.2, -0.15) is 0 Å². The lowest BCUT2D eigenvalue weighted by atomic mass is 9.91. The topological polar surface area (TPSA) is 54.5 Å². The van der Waals surface area contributed by atoms with Crippen LogP contribution in [0.3, 0.4) is 0 Å². The molecule has 2 aromatic rings. The van der Waals surface area contributed by atoms with Gasteiger partial charge in [-0.1, -0.05) is 23.5 Å². The van der Waals surface area contributed by atoms with E-state index in [1.54, 1.807) is 18.4 Å². The molecule has 1 saturated heterocycles. The second kappa shape index (κ2) is 6.43. The summed E-state index contributed by atoms with van der Waals surface area (Å²) in [4.78, 5) is 20.4. The average Bonchev–Trinajstić information content (AvgIpc) is 3.05. The van der Waals surface area contributed by atoms with Crippen molar-refractivity contribution in [2.24, 2.45) is 0 Å². The highest BCUT2D eigenvalue weighted by Gasteiger charge is 2.31. The number of nitrogens with zero attached hydrogens (tertiary/aromatic N) is 2. The van der Waals surface area contributed by atoms with Crippen LogP contribution in [0, 0.1) is 0 Å². The maximum atomic E-state index is 12.2. The monoisotopic (exact) mass is 343 g/mol. The highest BCUT2D eigenvalue weighted by Crippen LogP contribution is 2.44. The van der Waals surface area contributed by atoms with Crippen molar-refractivity contribution in [1.29, 1.82) is 0 Å². The molecule has 3 heterocycles. The van der Waals surface area contributed by atoms with Crippen molar-refractivity contribution in [2.45, 2.75) is 31.6 Å². The van der Waals surface area contributed by atoms with Gasteiger partial charge in [0.2, 0.25) is 5.91 Å². The molecule has 4 rings (SSSR count). The lowest BCUT2D eigenvalue weighted by Gasteiger charge is -2.25. The summed E-state index contributed by atoms with van der Waals surface area (Å²) in [6.45, 7) is 2.12. The Balaban J connectivity index is 1.70. The number of fused-ring (bicyclic) bond motifs is 1. The van der Waals surface area contributed by atoms with Gasteiger partial charge in [-0.05, 0) is 37.0 Å². The number of benzene rings is 1. The maximum absolute atomic E-state index is 12.2. The molecular formula is C18H21N3O2S. The van der Waals surface area contributed by atoms with Crippen molar-refractivity contribution in [2.75, 3.05) is 30.4 Å². The molecule has 1 fully saturated rings. The van der Waals surface area contributed by atoms with Crippen molar-refractivity contribution in [3.8, 4) is 5.75 Å². The normalized spacial score (nSPS) is 20.5. The number of piperidine rings is 1. The molecule has 0 radical (unpaired) electrons. The van der Waals surface area contributed by atoms with Crippen molar-refractivity contribution in [3.05, 3.63) is 34.7 Å². The number of carbonyl (C=O) groups excluding carboxylic acids is 1. The molecule has 2 aliphatic rings. The molecule has 0 aliphatic carbocycles. The first-order valence-electron chi connectivity index (χ1n) is 8.44. The van der Waals surface area contributed by atoms with Crippen LogP contribution in [0.2, 0.25) is 0 Å². The molecule has 5 nitrogen and oxygen atoms in total. The van der Waals surface area contributed by atoms with Gasteiger partial charge in [0.25, 0.3) is 0 Å². The standard InChI is InChI=1S/C18H21N3O2S/c1-23-13-7-5-6-12(10-13)14-11-15(22)19-17-16(14)24-18(20-17)21-8-3-2-4-9-21/h5-7,10,14H,2-4,8-9,11H2,1H3,(H,19,22). The zero-order valence-corrected chi connectivity index (χ0v) is 14.6. The lowest BCUT2D eigenvalue weighted by molar-refractivity contribution is -0.116. The summed E-state index contributed by atoms with van der Waals surface area (Å²) >= 11 is 1.72. The number of rotatable bonds is 3. The van der Waals surface area contributed by atoms with Crippen LogP contribution in [-0.2, 0) is 4.79 Å². The number of anilines is 2. The van der Waals surface area contributed by atoms with Gasteiger partial charge >= 0.3 is 0 Å². The van der Waals surface area contributed by atoms with Gasteiger partial charge in [0.15, 0.2) is 5.13 Å². The van der Waals surface area contributed by atoms with E-state index in [0.717, 1.165) is 40.2 Å². The van der Waals surface area contributed by atoms with Crippen LogP contribution in [0.1, 0.15) is 42.0 Å². The van der Waals surface area contributed by atoms with Crippen LogP contribution >= 0.6 is 11.3 Å². The molecule has 24 heavy (non-hydrogen) atoms. The second-order valence-corrected chi connectivity index (χ2v) is 7.35. The van der Waals surface area contributed by atoms with Crippen LogP contribution in [0.4, 0.5) is 10.9 Å². The van der Waals surface area contributed by atoms with Gasteiger partial charge in [0, 0.05) is 25.4 Å². The van der Waals surface area contributed by atoms with Crippen LogP contribution in [-0.4, -0.2) is 31.1 Å². The number of thiazole rings is 1. The van der Waals surface area contributed by atoms with E-state index in [1.807, 2.05) is 18.2 Å². The third kappa shape index (κ3) is 2.86. The zero-order valence-electron chi connectivity index (χ0n) is 13.7. The molecule has 1 amide bonds. The SMILES string of the molecule is COc1cccc(C2CC(=O)Nc3nc(N4CCCCC4)sc32)c1. The Kier molecular flexibility index (Phi) is 4.14. The number of hydrogen-bond donors (Lipinski definition) is 1. The Morgan fingerprint density at radius 3 is 2.92 bits per heavy atom. The van der Waals surface area contributed by atoms with E-state index in [9.17, 15) is 4.79 Å². The molecule has 1 aromatic heterocycles. The minimum absolute atomic E-state index is 0.0332. The summed E-state index contributed by atoms with van der Waals surface area (Å²) in [5, 5.41) is 3.99. The first kappa shape index (κ1) is 15.4. The smallest absolute Gasteiger partial charge is 0.226 e. The van der Waals surface area contributed by atoms with E-state index >= 15 is 0 Å². The number of methoxy groups -OCH3 is 1. The maximum Gasteiger partial charge on any atom is 0.226 e. The fourth-order valence-electron chi connectivity index (χ4n) is 3.46. The van der Waals surface area contributed by atoms with Gasteiger partial charge in [-0.3, -0.25) is 4.79 Å². The largest absolute Gasteiger partial charge is 0.497 e. The van der Waals surface area contributed by atoms with Crippen LogP contribution in [0.25, 0.3) is 0 Å². The van der Waals surface area contributed by atoms with Crippen LogP contribution in [0.15, 0.2) is 24.3 Å². The molecular weight excluding hydrogens is 322 g/mol. The zero-order chi connectivity index (χ0) is 16.5. The molecule has 1 aromatic carbocycles. The molecule has 1 N–H and O–H groups in total. The van der Waals surface area contributed by atoms with Gasteiger partial charge in [-0.25, -0.2) is 4.98 Å². The number of amides is 1. The first-order chi connectivity index (χ1) is 11.7. The van der Waals surface area contributed by atoms with Gasteiger partial charge in [-0.15, -0.1) is 0 Å². The number of carbonyl (C=O) groups is 1. The Labute approximate surface area is 145 Å². The van der Waals surface area contributed by atoms with E-state index in [2.05, 4.69) is 16.3 Å². The average molecular weight is 343 g/mol. The third-order valence-corrected chi connectivity index (χ3v) is 5.96. The molecule has 2 aliphatic heterocycles. The minimum atomic E-state index is 0.0332. The van der Waals surface area contributed by atoms with E-state index in [0.29, 0.717) is 6.42 Å². The predicted octanol–water partition coefficient (Wildman–Crippen LogP) is 3.62. The minimum Gasteiger partial charge on any atom is -0.497 e. The fourth-order valence-corrected chi connectivity index (χ4v) is 4.66. The lowest BCUT2D eigenvalue weighted by Crippen LogP contribution is -2.29. The fraction of sp³-hybridized carbons (Fsp3) is 0.444. The quantitative estimate of drug-likeness (QED) is 0.925. The van der Waals surface area contributed by atoms with Crippen molar-refractivity contribution >= 4 is 28.2 Å². The summed E-state index contributed by atoms with van der Waals surface area (Å²) < 4.78 is 5.34. The molecule has 126 valence electrons. The third-order valence-electron chi connectivity index (χ3n) is 4.73. The molecule has 0 spiro atoms. The molecule has 6 heteroatoms. The molecule has 1 unspecified atom stereocenters. The number of ether oxygens (including phenoxy) is 1. The summed E-state index contributed by atoms with van der Waals surface area (Å²) in [6.07, 6.45) is 4.19. The predicted molar refractivity (Wildman–Crippen MR) is 96.3 cm³/mol. The number of nitrogens with one attached hydrogen (secondary N) is 1. The van der Waals surface area contributed by atoms with Gasteiger partial charge in [0.1, 0.15) is 11.6 Å². The summed E-state index contributed by atoms with van der Waals surface area (Å²) in [5.41, 5.74) is 1.11. The number of aromatic nitrogens is 1. The van der Waals surface area contributed by atoms with Crippen molar-refractivity contribution in [1.82, 2.24) is 4.98 Å².